The van der Waals surface area contributed by atoms with Crippen LogP contribution in [0, 0.1) is 13.8 Å². The monoisotopic (exact) mass is 312 g/mol. The van der Waals surface area contributed by atoms with E-state index in [4.69, 9.17) is 11.6 Å². The van der Waals surface area contributed by atoms with Gasteiger partial charge in [0.2, 0.25) is 11.0 Å². The van der Waals surface area contributed by atoms with Gasteiger partial charge in [0.05, 0.1) is 28.5 Å². The molecule has 0 saturated carbocycles. The standard InChI is InChI=1S/C13H17ClN4OS/c1-7(2)15-11(19)5-10-6-20-13(16-10)18-9(4)12(14)8(3)17-18/h6-7H,5H2,1-4H3,(H,15,19). The van der Waals surface area contributed by atoms with Gasteiger partial charge in [0, 0.05) is 11.4 Å². The minimum absolute atomic E-state index is 0.0248. The molecule has 5 nitrogen and oxygen atoms in total. The van der Waals surface area contributed by atoms with E-state index in [0.717, 1.165) is 22.2 Å². The Morgan fingerprint density at radius 1 is 1.50 bits per heavy atom. The van der Waals surface area contributed by atoms with E-state index in [1.165, 1.54) is 11.3 Å². The van der Waals surface area contributed by atoms with E-state index in [1.807, 2.05) is 33.1 Å². The average Bonchev–Trinajstić information content (AvgIpc) is 2.89. The fraction of sp³-hybridized carbons (Fsp3) is 0.462. The fourth-order valence-corrected chi connectivity index (χ4v) is 2.77. The Bertz CT molecular complexity index is 632. The van der Waals surface area contributed by atoms with Crippen molar-refractivity contribution in [1.29, 1.82) is 0 Å². The number of hydrogen-bond acceptors (Lipinski definition) is 4. The molecule has 0 spiro atoms. The third-order valence-electron chi connectivity index (χ3n) is 2.72. The number of rotatable bonds is 4. The summed E-state index contributed by atoms with van der Waals surface area (Å²) in [5, 5.41) is 10.5. The van der Waals surface area contributed by atoms with Crippen LogP contribution in [0.15, 0.2) is 5.38 Å². The summed E-state index contributed by atoms with van der Waals surface area (Å²) in [6.07, 6.45) is 0.279. The molecular weight excluding hydrogens is 296 g/mol. The Kier molecular flexibility index (Phi) is 4.45. The molecule has 2 aromatic heterocycles. The first-order valence-corrected chi connectivity index (χ1v) is 7.60. The Balaban J connectivity index is 2.16. The van der Waals surface area contributed by atoms with E-state index >= 15 is 0 Å². The van der Waals surface area contributed by atoms with Crippen LogP contribution in [-0.4, -0.2) is 26.7 Å². The highest BCUT2D eigenvalue weighted by molar-refractivity contribution is 7.12. The maximum atomic E-state index is 11.7. The molecule has 0 aliphatic heterocycles. The molecule has 0 fully saturated rings. The maximum Gasteiger partial charge on any atom is 0.226 e. The normalized spacial score (nSPS) is 11.1. The number of amides is 1. The molecule has 2 heterocycles. The molecule has 0 bridgehead atoms. The van der Waals surface area contributed by atoms with Gasteiger partial charge in [-0.15, -0.1) is 11.3 Å². The number of nitrogens with one attached hydrogen (secondary N) is 1. The van der Waals surface area contributed by atoms with Gasteiger partial charge < -0.3 is 5.32 Å². The van der Waals surface area contributed by atoms with Crippen LogP contribution in [0.3, 0.4) is 0 Å². The van der Waals surface area contributed by atoms with Crippen molar-refractivity contribution in [3.05, 3.63) is 27.5 Å². The first-order chi connectivity index (χ1) is 9.38. The van der Waals surface area contributed by atoms with E-state index in [1.54, 1.807) is 4.68 Å². The first kappa shape index (κ1) is 15.0. The van der Waals surface area contributed by atoms with Crippen LogP contribution in [0.5, 0.6) is 0 Å². The van der Waals surface area contributed by atoms with Crippen molar-refractivity contribution in [2.75, 3.05) is 0 Å². The molecule has 0 atom stereocenters. The lowest BCUT2D eigenvalue weighted by Crippen LogP contribution is -2.31. The van der Waals surface area contributed by atoms with Gasteiger partial charge >= 0.3 is 0 Å². The van der Waals surface area contributed by atoms with Crippen LogP contribution in [0.4, 0.5) is 0 Å². The number of hydrogen-bond donors (Lipinski definition) is 1. The zero-order chi connectivity index (χ0) is 14.9. The molecule has 0 aliphatic carbocycles. The third kappa shape index (κ3) is 3.19. The molecule has 0 unspecified atom stereocenters. The maximum absolute atomic E-state index is 11.7. The van der Waals surface area contributed by atoms with E-state index in [2.05, 4.69) is 15.4 Å². The lowest BCUT2D eigenvalue weighted by Gasteiger charge is -2.06. The van der Waals surface area contributed by atoms with Crippen LogP contribution >= 0.6 is 22.9 Å². The summed E-state index contributed by atoms with van der Waals surface area (Å²) < 4.78 is 1.71. The molecule has 7 heteroatoms. The SMILES string of the molecule is Cc1nn(-c2nc(CC(=O)NC(C)C)cs2)c(C)c1Cl. The van der Waals surface area contributed by atoms with Gasteiger partial charge in [0.15, 0.2) is 0 Å². The van der Waals surface area contributed by atoms with Crippen molar-refractivity contribution in [2.24, 2.45) is 0 Å². The molecule has 20 heavy (non-hydrogen) atoms. The van der Waals surface area contributed by atoms with Gasteiger partial charge in [0.25, 0.3) is 0 Å². The molecule has 2 rings (SSSR count). The third-order valence-corrected chi connectivity index (χ3v) is 4.13. The number of nitrogens with zero attached hydrogens (tertiary/aromatic N) is 3. The second-order valence-electron chi connectivity index (χ2n) is 4.92. The van der Waals surface area contributed by atoms with Gasteiger partial charge in [-0.25, -0.2) is 9.67 Å². The van der Waals surface area contributed by atoms with E-state index in [9.17, 15) is 4.79 Å². The summed E-state index contributed by atoms with van der Waals surface area (Å²) >= 11 is 7.58. The summed E-state index contributed by atoms with van der Waals surface area (Å²) in [6, 6.07) is 0.135. The van der Waals surface area contributed by atoms with Gasteiger partial charge in [-0.1, -0.05) is 11.6 Å². The molecule has 0 aromatic carbocycles. The van der Waals surface area contributed by atoms with Crippen molar-refractivity contribution in [3.8, 4) is 5.13 Å². The highest BCUT2D eigenvalue weighted by Gasteiger charge is 2.14. The summed E-state index contributed by atoms with van der Waals surface area (Å²) in [5.74, 6) is -0.0248. The van der Waals surface area contributed by atoms with Crippen LogP contribution in [0.1, 0.15) is 30.9 Å². The second-order valence-corrected chi connectivity index (χ2v) is 6.13. The first-order valence-electron chi connectivity index (χ1n) is 6.34. The number of aryl methyl sites for hydroxylation is 1. The zero-order valence-corrected chi connectivity index (χ0v) is 13.5. The van der Waals surface area contributed by atoms with Crippen LogP contribution < -0.4 is 5.32 Å². The molecule has 0 aliphatic rings. The molecular formula is C13H17ClN4OS. The number of halogens is 1. The van der Waals surface area contributed by atoms with Crippen molar-refractivity contribution in [1.82, 2.24) is 20.1 Å². The smallest absolute Gasteiger partial charge is 0.226 e. The highest BCUT2D eigenvalue weighted by atomic mass is 35.5. The molecule has 0 saturated heterocycles. The Hall–Kier alpha value is -1.40. The highest BCUT2D eigenvalue weighted by Crippen LogP contribution is 2.24. The predicted octanol–water partition coefficient (Wildman–Crippen LogP) is 2.67. The van der Waals surface area contributed by atoms with Crippen LogP contribution in [0.25, 0.3) is 5.13 Å². The van der Waals surface area contributed by atoms with Crippen LogP contribution in [0.2, 0.25) is 5.02 Å². The number of carbonyl (C=O) groups excluding carboxylic acids is 1. The summed E-state index contributed by atoms with van der Waals surface area (Å²) in [5.41, 5.74) is 2.38. The minimum Gasteiger partial charge on any atom is -0.354 e. The largest absolute Gasteiger partial charge is 0.354 e. The van der Waals surface area contributed by atoms with E-state index in [0.29, 0.717) is 5.02 Å². The summed E-state index contributed by atoms with van der Waals surface area (Å²) in [6.45, 7) is 7.62. The lowest BCUT2D eigenvalue weighted by molar-refractivity contribution is -0.120. The average molecular weight is 313 g/mol. The molecule has 2 aromatic rings. The van der Waals surface area contributed by atoms with E-state index in [-0.39, 0.29) is 18.4 Å². The molecule has 1 N–H and O–H groups in total. The van der Waals surface area contributed by atoms with Crippen LogP contribution in [-0.2, 0) is 11.2 Å². The molecule has 0 radical (unpaired) electrons. The van der Waals surface area contributed by atoms with Crippen molar-refractivity contribution >= 4 is 28.8 Å². The summed E-state index contributed by atoms with van der Waals surface area (Å²) in [4.78, 5) is 16.1. The Morgan fingerprint density at radius 2 is 2.20 bits per heavy atom. The fourth-order valence-electron chi connectivity index (χ4n) is 1.82. The molecule has 108 valence electrons. The number of carbonyl (C=O) groups is 1. The van der Waals surface area contributed by atoms with Gasteiger partial charge in [-0.05, 0) is 27.7 Å². The van der Waals surface area contributed by atoms with Gasteiger partial charge in [0.1, 0.15) is 0 Å². The quantitative estimate of drug-likeness (QED) is 0.944. The van der Waals surface area contributed by atoms with Gasteiger partial charge in [-0.3, -0.25) is 4.79 Å². The minimum atomic E-state index is -0.0248. The summed E-state index contributed by atoms with van der Waals surface area (Å²) in [7, 11) is 0. The molecule has 1 amide bonds. The predicted molar refractivity (Wildman–Crippen MR) is 80.7 cm³/mol. The van der Waals surface area contributed by atoms with Crippen molar-refractivity contribution in [2.45, 2.75) is 40.2 Å². The van der Waals surface area contributed by atoms with Crippen molar-refractivity contribution in [3.63, 3.8) is 0 Å². The second kappa shape index (κ2) is 5.93. The Morgan fingerprint density at radius 3 is 2.75 bits per heavy atom. The van der Waals surface area contributed by atoms with Crippen molar-refractivity contribution < 1.29 is 4.79 Å². The van der Waals surface area contributed by atoms with Gasteiger partial charge in [-0.2, -0.15) is 5.10 Å². The topological polar surface area (TPSA) is 59.8 Å². The zero-order valence-electron chi connectivity index (χ0n) is 11.9. The number of aromatic nitrogens is 3. The lowest BCUT2D eigenvalue weighted by atomic mass is 10.3. The van der Waals surface area contributed by atoms with E-state index < -0.39 is 0 Å². The number of thiazole rings is 1. The Labute approximate surface area is 127 Å².